The topological polar surface area (TPSA) is 56.2 Å². The summed E-state index contributed by atoms with van der Waals surface area (Å²) in [5, 5.41) is 7.14. The Morgan fingerprint density at radius 3 is 2.81 bits per heavy atom. The molecular weight excluding hydrogens is 334 g/mol. The standard InChI is InChI=1S/C15H18BrN3O2/c1-4-19-9-12(15(18-19)21-5-2)14(20)17-13-7-6-11(16)8-10(13)3/h6-9H,4-5H2,1-3H3,(H,17,20). The first-order valence-corrected chi connectivity index (χ1v) is 7.62. The van der Waals surface area contributed by atoms with Gasteiger partial charge in [-0.15, -0.1) is 5.10 Å². The lowest BCUT2D eigenvalue weighted by Gasteiger charge is -2.08. The maximum absolute atomic E-state index is 12.4. The van der Waals surface area contributed by atoms with Gasteiger partial charge in [0.15, 0.2) is 0 Å². The molecule has 6 heteroatoms. The van der Waals surface area contributed by atoms with E-state index in [0.29, 0.717) is 24.6 Å². The van der Waals surface area contributed by atoms with Crippen LogP contribution in [-0.4, -0.2) is 22.3 Å². The van der Waals surface area contributed by atoms with Crippen LogP contribution in [-0.2, 0) is 6.54 Å². The SMILES string of the molecule is CCOc1nn(CC)cc1C(=O)Nc1ccc(Br)cc1C. The summed E-state index contributed by atoms with van der Waals surface area (Å²) in [6.07, 6.45) is 1.70. The van der Waals surface area contributed by atoms with Crippen LogP contribution in [0.2, 0.25) is 0 Å². The molecule has 0 bridgehead atoms. The average Bonchev–Trinajstić information content (AvgIpc) is 2.85. The second-order valence-electron chi connectivity index (χ2n) is 4.55. The van der Waals surface area contributed by atoms with Gasteiger partial charge in [-0.3, -0.25) is 9.48 Å². The Balaban J connectivity index is 2.25. The van der Waals surface area contributed by atoms with E-state index in [4.69, 9.17) is 4.74 Å². The highest BCUT2D eigenvalue weighted by molar-refractivity contribution is 9.10. The third-order valence-corrected chi connectivity index (χ3v) is 3.51. The number of benzene rings is 1. The molecule has 0 saturated carbocycles. The number of hydrogen-bond donors (Lipinski definition) is 1. The minimum Gasteiger partial charge on any atom is -0.476 e. The van der Waals surface area contributed by atoms with Crippen LogP contribution in [0.3, 0.4) is 0 Å². The van der Waals surface area contributed by atoms with Crippen LogP contribution in [0.1, 0.15) is 29.8 Å². The van der Waals surface area contributed by atoms with E-state index in [1.165, 1.54) is 0 Å². The van der Waals surface area contributed by atoms with Gasteiger partial charge in [-0.25, -0.2) is 0 Å². The summed E-state index contributed by atoms with van der Waals surface area (Å²) in [6.45, 7) is 6.93. The quantitative estimate of drug-likeness (QED) is 0.894. The summed E-state index contributed by atoms with van der Waals surface area (Å²) in [7, 11) is 0. The zero-order chi connectivity index (χ0) is 15.4. The van der Waals surface area contributed by atoms with E-state index >= 15 is 0 Å². The molecule has 0 unspecified atom stereocenters. The molecule has 1 aromatic heterocycles. The Kier molecular flexibility index (Phi) is 5.01. The van der Waals surface area contributed by atoms with Crippen molar-refractivity contribution in [2.45, 2.75) is 27.3 Å². The van der Waals surface area contributed by atoms with Crippen LogP contribution in [0, 0.1) is 6.92 Å². The van der Waals surface area contributed by atoms with Crippen molar-refractivity contribution in [3.05, 3.63) is 40.0 Å². The Labute approximate surface area is 132 Å². The number of amides is 1. The zero-order valence-corrected chi connectivity index (χ0v) is 13.9. The van der Waals surface area contributed by atoms with Crippen LogP contribution in [0.25, 0.3) is 0 Å². The van der Waals surface area contributed by atoms with Crippen LogP contribution >= 0.6 is 15.9 Å². The van der Waals surface area contributed by atoms with Crippen molar-refractivity contribution in [3.8, 4) is 5.88 Å². The van der Waals surface area contributed by atoms with Gasteiger partial charge < -0.3 is 10.1 Å². The van der Waals surface area contributed by atoms with E-state index in [2.05, 4.69) is 26.3 Å². The highest BCUT2D eigenvalue weighted by Gasteiger charge is 2.18. The van der Waals surface area contributed by atoms with E-state index < -0.39 is 0 Å². The number of nitrogens with one attached hydrogen (secondary N) is 1. The second-order valence-corrected chi connectivity index (χ2v) is 5.47. The lowest BCUT2D eigenvalue weighted by atomic mass is 10.2. The van der Waals surface area contributed by atoms with Crippen molar-refractivity contribution < 1.29 is 9.53 Å². The first kappa shape index (κ1) is 15.6. The average molecular weight is 352 g/mol. The molecule has 1 aromatic carbocycles. The van der Waals surface area contributed by atoms with Gasteiger partial charge in [-0.1, -0.05) is 15.9 Å². The number of halogens is 1. The Morgan fingerprint density at radius 1 is 1.43 bits per heavy atom. The molecule has 2 aromatic rings. The van der Waals surface area contributed by atoms with Gasteiger partial charge >= 0.3 is 0 Å². The van der Waals surface area contributed by atoms with Gasteiger partial charge in [0.2, 0.25) is 5.88 Å². The van der Waals surface area contributed by atoms with E-state index in [0.717, 1.165) is 15.7 Å². The summed E-state index contributed by atoms with van der Waals surface area (Å²) < 4.78 is 8.09. The monoisotopic (exact) mass is 351 g/mol. The van der Waals surface area contributed by atoms with Gasteiger partial charge in [0, 0.05) is 22.9 Å². The molecule has 1 amide bonds. The fourth-order valence-electron chi connectivity index (χ4n) is 1.92. The number of anilines is 1. The van der Waals surface area contributed by atoms with E-state index in [1.54, 1.807) is 10.9 Å². The van der Waals surface area contributed by atoms with Crippen molar-refractivity contribution in [2.24, 2.45) is 0 Å². The summed E-state index contributed by atoms with van der Waals surface area (Å²) in [5.41, 5.74) is 2.20. The van der Waals surface area contributed by atoms with Crippen LogP contribution in [0.5, 0.6) is 5.88 Å². The first-order valence-electron chi connectivity index (χ1n) is 6.82. The second kappa shape index (κ2) is 6.76. The molecule has 112 valence electrons. The maximum atomic E-state index is 12.4. The lowest BCUT2D eigenvalue weighted by molar-refractivity contribution is 0.102. The molecule has 2 rings (SSSR count). The molecule has 1 N–H and O–H groups in total. The third kappa shape index (κ3) is 3.64. The summed E-state index contributed by atoms with van der Waals surface area (Å²) in [5.74, 6) is 0.148. The van der Waals surface area contributed by atoms with Crippen LogP contribution in [0.4, 0.5) is 5.69 Å². The van der Waals surface area contributed by atoms with Crippen molar-refractivity contribution in [3.63, 3.8) is 0 Å². The molecule has 1 heterocycles. The van der Waals surface area contributed by atoms with Gasteiger partial charge in [0.1, 0.15) is 5.56 Å². The fourth-order valence-corrected chi connectivity index (χ4v) is 2.40. The van der Waals surface area contributed by atoms with Gasteiger partial charge in [0.25, 0.3) is 5.91 Å². The number of carbonyl (C=O) groups is 1. The van der Waals surface area contributed by atoms with E-state index in [-0.39, 0.29) is 5.91 Å². The molecular formula is C15H18BrN3O2. The zero-order valence-electron chi connectivity index (χ0n) is 12.3. The third-order valence-electron chi connectivity index (χ3n) is 3.01. The van der Waals surface area contributed by atoms with Crippen LogP contribution < -0.4 is 10.1 Å². The number of nitrogens with zero attached hydrogens (tertiary/aromatic N) is 2. The van der Waals surface area contributed by atoms with Gasteiger partial charge in [0.05, 0.1) is 6.61 Å². The Hall–Kier alpha value is -1.82. The molecule has 0 saturated heterocycles. The molecule has 0 aliphatic heterocycles. The van der Waals surface area contributed by atoms with Gasteiger partial charge in [-0.2, -0.15) is 0 Å². The predicted molar refractivity (Wildman–Crippen MR) is 85.9 cm³/mol. The number of hydrogen-bond acceptors (Lipinski definition) is 3. The molecule has 5 nitrogen and oxygen atoms in total. The number of carbonyl (C=O) groups excluding carboxylic acids is 1. The highest BCUT2D eigenvalue weighted by atomic mass is 79.9. The molecule has 0 atom stereocenters. The van der Waals surface area contributed by atoms with Crippen molar-refractivity contribution in [1.82, 2.24) is 9.78 Å². The van der Waals surface area contributed by atoms with Crippen molar-refractivity contribution >= 4 is 27.5 Å². The lowest BCUT2D eigenvalue weighted by Crippen LogP contribution is -2.13. The molecule has 0 aliphatic carbocycles. The van der Waals surface area contributed by atoms with Crippen molar-refractivity contribution in [1.29, 1.82) is 0 Å². The molecule has 0 spiro atoms. The minimum absolute atomic E-state index is 0.219. The largest absolute Gasteiger partial charge is 0.476 e. The number of ether oxygens (including phenoxy) is 1. The van der Waals surface area contributed by atoms with Gasteiger partial charge in [-0.05, 0) is 44.5 Å². The van der Waals surface area contributed by atoms with E-state index in [9.17, 15) is 4.79 Å². The summed E-state index contributed by atoms with van der Waals surface area (Å²) in [4.78, 5) is 12.4. The number of aromatic nitrogens is 2. The Morgan fingerprint density at radius 2 is 2.19 bits per heavy atom. The van der Waals surface area contributed by atoms with Crippen molar-refractivity contribution in [2.75, 3.05) is 11.9 Å². The fraction of sp³-hybridized carbons (Fsp3) is 0.333. The number of rotatable bonds is 5. The van der Waals surface area contributed by atoms with Crippen LogP contribution in [0.15, 0.2) is 28.9 Å². The normalized spacial score (nSPS) is 10.5. The predicted octanol–water partition coefficient (Wildman–Crippen LogP) is 3.62. The first-order chi connectivity index (χ1) is 10.0. The van der Waals surface area contributed by atoms with E-state index in [1.807, 2.05) is 39.0 Å². The molecule has 0 aliphatic rings. The minimum atomic E-state index is -0.219. The summed E-state index contributed by atoms with van der Waals surface area (Å²) in [6, 6.07) is 5.71. The Bertz CT molecular complexity index is 652. The smallest absolute Gasteiger partial charge is 0.262 e. The maximum Gasteiger partial charge on any atom is 0.262 e. The molecule has 0 fully saturated rings. The highest BCUT2D eigenvalue weighted by Crippen LogP contribution is 2.22. The molecule has 21 heavy (non-hydrogen) atoms. The molecule has 0 radical (unpaired) electrons. The summed E-state index contributed by atoms with van der Waals surface area (Å²) >= 11 is 3.41. The number of aryl methyl sites for hydroxylation is 2.